The summed E-state index contributed by atoms with van der Waals surface area (Å²) in [5.74, 6) is 1.82. The molecule has 1 saturated heterocycles. The molecule has 0 unspecified atom stereocenters. The molecule has 1 aromatic carbocycles. The van der Waals surface area contributed by atoms with E-state index in [1.54, 1.807) is 6.07 Å². The van der Waals surface area contributed by atoms with Gasteiger partial charge in [0.1, 0.15) is 0 Å². The van der Waals surface area contributed by atoms with Crippen molar-refractivity contribution >= 4 is 29.1 Å². The number of para-hydroxylation sites is 1. The average Bonchev–Trinajstić information content (AvgIpc) is 2.39. The van der Waals surface area contributed by atoms with Crippen LogP contribution in [0.25, 0.3) is 0 Å². The molecule has 0 atom stereocenters. The van der Waals surface area contributed by atoms with Crippen molar-refractivity contribution in [1.82, 2.24) is 0 Å². The van der Waals surface area contributed by atoms with Gasteiger partial charge in [0.25, 0.3) is 0 Å². The van der Waals surface area contributed by atoms with Gasteiger partial charge in [0.05, 0.1) is 24.0 Å². The first-order valence-corrected chi connectivity index (χ1v) is 6.69. The second-order valence-electron chi connectivity index (χ2n) is 3.83. The van der Waals surface area contributed by atoms with Crippen LogP contribution in [0.15, 0.2) is 18.2 Å². The van der Waals surface area contributed by atoms with Gasteiger partial charge in [-0.15, -0.1) is 0 Å². The van der Waals surface area contributed by atoms with E-state index in [1.165, 1.54) is 7.11 Å². The van der Waals surface area contributed by atoms with Crippen LogP contribution in [0.5, 0.6) is 0 Å². The van der Waals surface area contributed by atoms with Gasteiger partial charge < -0.3 is 15.4 Å². The average molecular weight is 252 g/mol. The number of carbonyl (C=O) groups is 1. The van der Waals surface area contributed by atoms with Crippen LogP contribution >= 0.6 is 11.8 Å². The fourth-order valence-corrected chi connectivity index (χ4v) is 2.82. The Morgan fingerprint density at radius 1 is 1.41 bits per heavy atom. The molecule has 0 saturated carbocycles. The van der Waals surface area contributed by atoms with E-state index in [9.17, 15) is 4.79 Å². The third-order valence-electron chi connectivity index (χ3n) is 2.84. The van der Waals surface area contributed by atoms with E-state index in [0.717, 1.165) is 30.3 Å². The first-order chi connectivity index (χ1) is 8.24. The summed E-state index contributed by atoms with van der Waals surface area (Å²) >= 11 is 1.94. The lowest BCUT2D eigenvalue weighted by atomic mass is 10.1. The van der Waals surface area contributed by atoms with Crippen molar-refractivity contribution in [2.24, 2.45) is 0 Å². The number of nitrogen functional groups attached to an aromatic ring is 1. The Morgan fingerprint density at radius 2 is 2.12 bits per heavy atom. The minimum Gasteiger partial charge on any atom is -0.465 e. The van der Waals surface area contributed by atoms with Gasteiger partial charge in [-0.1, -0.05) is 6.07 Å². The third-order valence-corrected chi connectivity index (χ3v) is 3.78. The Labute approximate surface area is 105 Å². The Hall–Kier alpha value is -1.36. The van der Waals surface area contributed by atoms with Crippen molar-refractivity contribution in [3.05, 3.63) is 23.8 Å². The third kappa shape index (κ3) is 2.49. The Morgan fingerprint density at radius 3 is 2.76 bits per heavy atom. The highest BCUT2D eigenvalue weighted by Crippen LogP contribution is 2.29. The van der Waals surface area contributed by atoms with Crippen LogP contribution in [0.2, 0.25) is 0 Å². The van der Waals surface area contributed by atoms with Crippen molar-refractivity contribution in [1.29, 1.82) is 0 Å². The highest BCUT2D eigenvalue weighted by Gasteiger charge is 2.18. The zero-order chi connectivity index (χ0) is 12.3. The molecule has 1 aromatic rings. The van der Waals surface area contributed by atoms with Gasteiger partial charge in [-0.05, 0) is 12.1 Å². The second-order valence-corrected chi connectivity index (χ2v) is 5.05. The number of carbonyl (C=O) groups excluding carboxylic acids is 1. The van der Waals surface area contributed by atoms with E-state index in [4.69, 9.17) is 10.5 Å². The van der Waals surface area contributed by atoms with Crippen LogP contribution in [0.4, 0.5) is 11.4 Å². The lowest BCUT2D eigenvalue weighted by Crippen LogP contribution is -2.33. The van der Waals surface area contributed by atoms with Crippen LogP contribution < -0.4 is 10.6 Å². The van der Waals surface area contributed by atoms with E-state index in [2.05, 4.69) is 4.90 Å². The molecule has 1 aliphatic heterocycles. The Kier molecular flexibility index (Phi) is 3.78. The van der Waals surface area contributed by atoms with Crippen molar-refractivity contribution < 1.29 is 9.53 Å². The zero-order valence-corrected chi connectivity index (χ0v) is 10.6. The van der Waals surface area contributed by atoms with Gasteiger partial charge in [-0.3, -0.25) is 0 Å². The van der Waals surface area contributed by atoms with Gasteiger partial charge in [-0.2, -0.15) is 11.8 Å². The fraction of sp³-hybridized carbons (Fsp3) is 0.417. The van der Waals surface area contributed by atoms with E-state index in [-0.39, 0.29) is 5.97 Å². The molecule has 1 heterocycles. The monoisotopic (exact) mass is 252 g/mol. The predicted molar refractivity (Wildman–Crippen MR) is 71.7 cm³/mol. The molecule has 2 rings (SSSR count). The van der Waals surface area contributed by atoms with E-state index >= 15 is 0 Å². The lowest BCUT2D eigenvalue weighted by Gasteiger charge is -2.29. The molecule has 0 radical (unpaired) electrons. The van der Waals surface area contributed by atoms with Crippen molar-refractivity contribution in [2.45, 2.75) is 0 Å². The molecule has 2 N–H and O–H groups in total. The van der Waals surface area contributed by atoms with Gasteiger partial charge in [0.15, 0.2) is 0 Å². The SMILES string of the molecule is COC(=O)c1cccc(N2CCSCC2)c1N. The summed E-state index contributed by atoms with van der Waals surface area (Å²) in [6.45, 7) is 1.94. The van der Waals surface area contributed by atoms with Crippen LogP contribution in [0.3, 0.4) is 0 Å². The minimum absolute atomic E-state index is 0.379. The summed E-state index contributed by atoms with van der Waals surface area (Å²) in [4.78, 5) is 13.8. The number of hydrogen-bond donors (Lipinski definition) is 1. The van der Waals surface area contributed by atoms with Crippen LogP contribution in [-0.2, 0) is 4.74 Å². The molecule has 0 bridgehead atoms. The number of ether oxygens (including phenoxy) is 1. The molecule has 0 amide bonds. The molecule has 5 heteroatoms. The zero-order valence-electron chi connectivity index (χ0n) is 9.81. The topological polar surface area (TPSA) is 55.6 Å². The number of nitrogens with zero attached hydrogens (tertiary/aromatic N) is 1. The quantitative estimate of drug-likeness (QED) is 0.640. The molecule has 1 fully saturated rings. The summed E-state index contributed by atoms with van der Waals surface area (Å²) in [5, 5.41) is 0. The summed E-state index contributed by atoms with van der Waals surface area (Å²) < 4.78 is 4.72. The Bertz CT molecular complexity index is 417. The highest BCUT2D eigenvalue weighted by atomic mass is 32.2. The smallest absolute Gasteiger partial charge is 0.340 e. The molecule has 17 heavy (non-hydrogen) atoms. The molecule has 0 spiro atoms. The number of rotatable bonds is 2. The molecule has 0 aromatic heterocycles. The van der Waals surface area contributed by atoms with Crippen molar-refractivity contribution in [3.8, 4) is 0 Å². The van der Waals surface area contributed by atoms with Crippen LogP contribution in [0.1, 0.15) is 10.4 Å². The molecule has 0 aliphatic carbocycles. The summed E-state index contributed by atoms with van der Waals surface area (Å²) in [6.07, 6.45) is 0. The Balaban J connectivity index is 2.31. The predicted octanol–water partition coefficient (Wildman–Crippen LogP) is 1.61. The molecule has 4 nitrogen and oxygen atoms in total. The molecular formula is C12H16N2O2S. The number of thioether (sulfide) groups is 1. The lowest BCUT2D eigenvalue weighted by molar-refractivity contribution is 0.0602. The number of nitrogens with two attached hydrogens (primary N) is 1. The minimum atomic E-state index is -0.379. The molecular weight excluding hydrogens is 236 g/mol. The second kappa shape index (κ2) is 5.31. The summed E-state index contributed by atoms with van der Waals surface area (Å²) in [7, 11) is 1.37. The van der Waals surface area contributed by atoms with Gasteiger partial charge in [-0.25, -0.2) is 4.79 Å². The standard InChI is InChI=1S/C12H16N2O2S/c1-16-12(15)9-3-2-4-10(11(9)13)14-5-7-17-8-6-14/h2-4H,5-8,13H2,1H3. The largest absolute Gasteiger partial charge is 0.465 e. The number of esters is 1. The van der Waals surface area contributed by atoms with Crippen molar-refractivity contribution in [2.75, 3.05) is 42.3 Å². The number of benzene rings is 1. The summed E-state index contributed by atoms with van der Waals surface area (Å²) in [5.41, 5.74) is 7.95. The highest BCUT2D eigenvalue weighted by molar-refractivity contribution is 7.99. The maximum atomic E-state index is 11.5. The number of methoxy groups -OCH3 is 1. The molecule has 1 aliphatic rings. The van der Waals surface area contributed by atoms with Gasteiger partial charge >= 0.3 is 5.97 Å². The van der Waals surface area contributed by atoms with Crippen molar-refractivity contribution in [3.63, 3.8) is 0 Å². The number of anilines is 2. The van der Waals surface area contributed by atoms with Crippen LogP contribution in [0, 0.1) is 0 Å². The number of hydrogen-bond acceptors (Lipinski definition) is 5. The summed E-state index contributed by atoms with van der Waals surface area (Å²) in [6, 6.07) is 5.50. The van der Waals surface area contributed by atoms with E-state index in [0.29, 0.717) is 11.3 Å². The maximum Gasteiger partial charge on any atom is 0.340 e. The first kappa shape index (κ1) is 12.1. The fourth-order valence-electron chi connectivity index (χ4n) is 1.92. The van der Waals surface area contributed by atoms with Gasteiger partial charge in [0, 0.05) is 24.6 Å². The normalized spacial score (nSPS) is 15.7. The van der Waals surface area contributed by atoms with E-state index < -0.39 is 0 Å². The maximum absolute atomic E-state index is 11.5. The first-order valence-electron chi connectivity index (χ1n) is 5.53. The van der Waals surface area contributed by atoms with E-state index in [1.807, 2.05) is 23.9 Å². The van der Waals surface area contributed by atoms with Crippen LogP contribution in [-0.4, -0.2) is 37.7 Å². The molecule has 92 valence electrons. The van der Waals surface area contributed by atoms with Gasteiger partial charge in [0.2, 0.25) is 0 Å².